The Morgan fingerprint density at radius 3 is 1.72 bits per heavy atom. The van der Waals surface area contributed by atoms with Gasteiger partial charge in [-0.1, -0.05) is 109 Å². The van der Waals surface area contributed by atoms with E-state index in [2.05, 4.69) is 26.6 Å². The average Bonchev–Trinajstić information content (AvgIpc) is 3.12. The van der Waals surface area contributed by atoms with Gasteiger partial charge in [0.15, 0.2) is 0 Å². The number of amides is 5. The van der Waals surface area contributed by atoms with Crippen LogP contribution in [-0.2, 0) is 41.6 Å². The summed E-state index contributed by atoms with van der Waals surface area (Å²) in [6, 6.07) is 13.5. The average molecular weight is 752 g/mol. The van der Waals surface area contributed by atoms with Crippen molar-refractivity contribution in [1.82, 2.24) is 26.6 Å². The Morgan fingerprint density at radius 1 is 0.685 bits per heavy atom. The summed E-state index contributed by atoms with van der Waals surface area (Å²) < 4.78 is 0. The molecule has 0 spiro atoms. The number of primary amides is 1. The number of rotatable bonds is 24. The predicted octanol–water partition coefficient (Wildman–Crippen LogP) is 1.79. The van der Waals surface area contributed by atoms with E-state index in [0.29, 0.717) is 25.7 Å². The number of aliphatic carboxylic acids is 1. The van der Waals surface area contributed by atoms with Crippen LogP contribution in [0.4, 0.5) is 0 Å². The molecule has 7 atom stereocenters. The summed E-state index contributed by atoms with van der Waals surface area (Å²) in [7, 11) is 0. The molecule has 0 aliphatic heterocycles. The lowest BCUT2D eigenvalue weighted by molar-refractivity contribution is -0.138. The third-order valence-electron chi connectivity index (χ3n) is 9.28. The summed E-state index contributed by atoms with van der Waals surface area (Å²) in [6.07, 6.45) is 0.995. The molecule has 0 saturated heterocycles. The van der Waals surface area contributed by atoms with E-state index in [1.54, 1.807) is 6.92 Å². The van der Waals surface area contributed by atoms with Crippen LogP contribution in [0.5, 0.6) is 0 Å². The molecular formula is C40H61N7O7. The summed E-state index contributed by atoms with van der Waals surface area (Å²) in [5.41, 5.74) is 13.6. The van der Waals surface area contributed by atoms with E-state index in [-0.39, 0.29) is 30.7 Å². The molecule has 2 aromatic carbocycles. The van der Waals surface area contributed by atoms with Crippen molar-refractivity contribution in [2.24, 2.45) is 29.2 Å². The summed E-state index contributed by atoms with van der Waals surface area (Å²) in [6.45, 7) is 11.3. The van der Waals surface area contributed by atoms with Crippen LogP contribution in [0.25, 0.3) is 0 Å². The molecule has 54 heavy (non-hydrogen) atoms. The molecule has 0 fully saturated rings. The van der Waals surface area contributed by atoms with E-state index >= 15 is 0 Å². The molecule has 298 valence electrons. The van der Waals surface area contributed by atoms with E-state index in [1.165, 1.54) is 0 Å². The van der Waals surface area contributed by atoms with Gasteiger partial charge in [-0.3, -0.25) is 28.8 Å². The van der Waals surface area contributed by atoms with Crippen LogP contribution in [0.2, 0.25) is 0 Å². The van der Waals surface area contributed by atoms with E-state index in [1.807, 2.05) is 95.3 Å². The highest BCUT2D eigenvalue weighted by Gasteiger charge is 2.32. The lowest BCUT2D eigenvalue weighted by atomic mass is 9.97. The van der Waals surface area contributed by atoms with Crippen molar-refractivity contribution in [3.63, 3.8) is 0 Å². The topological polar surface area (TPSA) is 235 Å². The maximum atomic E-state index is 13.8. The lowest BCUT2D eigenvalue weighted by Gasteiger charge is -2.29. The fourth-order valence-corrected chi connectivity index (χ4v) is 5.95. The van der Waals surface area contributed by atoms with Gasteiger partial charge in [0.05, 0.1) is 12.1 Å². The van der Waals surface area contributed by atoms with Crippen LogP contribution in [0.15, 0.2) is 60.7 Å². The van der Waals surface area contributed by atoms with Gasteiger partial charge >= 0.3 is 5.97 Å². The second-order valence-corrected chi connectivity index (χ2v) is 14.8. The Balaban J connectivity index is 2.27. The largest absolute Gasteiger partial charge is 0.481 e. The molecule has 10 N–H and O–H groups in total. The molecule has 14 heteroatoms. The molecule has 0 aliphatic carbocycles. The van der Waals surface area contributed by atoms with E-state index in [4.69, 9.17) is 11.5 Å². The lowest BCUT2D eigenvalue weighted by Crippen LogP contribution is -2.59. The molecule has 2 aromatic rings. The Bertz CT molecular complexity index is 1510. The number of hydrogen-bond donors (Lipinski definition) is 8. The Kier molecular flexibility index (Phi) is 19.4. The second-order valence-electron chi connectivity index (χ2n) is 14.8. The van der Waals surface area contributed by atoms with Crippen molar-refractivity contribution >= 4 is 35.5 Å². The number of nitrogens with two attached hydrogens (primary N) is 2. The minimum Gasteiger partial charge on any atom is -0.481 e. The smallest absolute Gasteiger partial charge is 0.303 e. The van der Waals surface area contributed by atoms with Gasteiger partial charge in [0.25, 0.3) is 0 Å². The van der Waals surface area contributed by atoms with Crippen molar-refractivity contribution < 1.29 is 33.9 Å². The zero-order chi connectivity index (χ0) is 40.4. The van der Waals surface area contributed by atoms with Gasteiger partial charge in [0.1, 0.15) is 18.1 Å². The first-order valence-electron chi connectivity index (χ1n) is 18.8. The Labute approximate surface area is 319 Å². The zero-order valence-electron chi connectivity index (χ0n) is 32.5. The number of carbonyl (C=O) groups is 6. The first kappa shape index (κ1) is 45.3. The normalized spacial score (nSPS) is 15.2. The van der Waals surface area contributed by atoms with Crippen molar-refractivity contribution in [2.45, 2.75) is 116 Å². The highest BCUT2D eigenvalue weighted by Crippen LogP contribution is 2.12. The molecule has 2 rings (SSSR count). The van der Waals surface area contributed by atoms with Crippen molar-refractivity contribution in [2.75, 3.05) is 6.54 Å². The second kappa shape index (κ2) is 23.1. The highest BCUT2D eigenvalue weighted by atomic mass is 16.4. The van der Waals surface area contributed by atoms with Crippen molar-refractivity contribution in [3.05, 3.63) is 71.8 Å². The number of hydrogen-bond acceptors (Lipinski definition) is 8. The summed E-state index contributed by atoms with van der Waals surface area (Å²) in [5, 5.41) is 23.8. The first-order chi connectivity index (χ1) is 25.5. The number of carboxylic acids is 1. The molecule has 0 aromatic heterocycles. The maximum absolute atomic E-state index is 13.8. The van der Waals surface area contributed by atoms with E-state index < -0.39 is 78.2 Å². The van der Waals surface area contributed by atoms with Crippen LogP contribution >= 0.6 is 0 Å². The van der Waals surface area contributed by atoms with Crippen LogP contribution in [-0.4, -0.2) is 83.4 Å². The number of carbonyl (C=O) groups excluding carboxylic acids is 5. The van der Waals surface area contributed by atoms with Gasteiger partial charge in [-0.05, 0) is 54.6 Å². The number of carboxylic acid groups (broad SMARTS) is 1. The molecule has 14 nitrogen and oxygen atoms in total. The third kappa shape index (κ3) is 16.0. The molecule has 0 heterocycles. The van der Waals surface area contributed by atoms with Crippen LogP contribution < -0.4 is 38.1 Å². The minimum absolute atomic E-state index is 0.0342. The predicted molar refractivity (Wildman–Crippen MR) is 208 cm³/mol. The van der Waals surface area contributed by atoms with Crippen molar-refractivity contribution in [1.29, 1.82) is 0 Å². The number of benzene rings is 2. The summed E-state index contributed by atoms with van der Waals surface area (Å²) in [5.74, 6) is -4.53. The molecule has 0 aliphatic rings. The van der Waals surface area contributed by atoms with Gasteiger partial charge in [-0.2, -0.15) is 0 Å². The van der Waals surface area contributed by atoms with Gasteiger partial charge < -0.3 is 43.2 Å². The van der Waals surface area contributed by atoms with E-state index in [0.717, 1.165) is 11.1 Å². The molecule has 0 radical (unpaired) electrons. The summed E-state index contributed by atoms with van der Waals surface area (Å²) in [4.78, 5) is 77.7. The first-order valence-corrected chi connectivity index (χ1v) is 18.8. The molecule has 0 unspecified atom stereocenters. The fourth-order valence-electron chi connectivity index (χ4n) is 5.95. The van der Waals surface area contributed by atoms with Gasteiger partial charge in [-0.15, -0.1) is 0 Å². The molecule has 0 bridgehead atoms. The fraction of sp³-hybridized carbons (Fsp3) is 0.550. The SMILES string of the molecule is CC[C@H](C)[C@H](NC(=O)[C@H](CCC(=O)O)NC(=O)[C@H](CC(C)C)NC[C@H](Cc1ccccc1)NC(=O)[C@@H](NC(=O)[C@@H](N)Cc1ccccc1)C(C)C)C(N)=O. The van der Waals surface area contributed by atoms with E-state index in [9.17, 15) is 33.9 Å². The zero-order valence-corrected chi connectivity index (χ0v) is 32.5. The number of nitrogens with one attached hydrogen (secondary N) is 5. The van der Waals surface area contributed by atoms with Crippen LogP contribution in [0.1, 0.15) is 78.4 Å². The van der Waals surface area contributed by atoms with Crippen LogP contribution in [0.3, 0.4) is 0 Å². The minimum atomic E-state index is -1.25. The maximum Gasteiger partial charge on any atom is 0.303 e. The monoisotopic (exact) mass is 751 g/mol. The molecule has 5 amide bonds. The van der Waals surface area contributed by atoms with Gasteiger partial charge in [0.2, 0.25) is 29.5 Å². The third-order valence-corrected chi connectivity index (χ3v) is 9.28. The molecule has 0 saturated carbocycles. The van der Waals surface area contributed by atoms with Crippen LogP contribution in [0, 0.1) is 17.8 Å². The molecular weight excluding hydrogens is 690 g/mol. The summed E-state index contributed by atoms with van der Waals surface area (Å²) >= 11 is 0. The van der Waals surface area contributed by atoms with Gasteiger partial charge in [0, 0.05) is 19.0 Å². The standard InChI is InChI=1S/C40H61N7O7/c1-7-26(6)35(36(42)50)47-38(52)31(18-19-33(48)49)45-39(53)32(20-24(2)3)43-23-29(21-27-14-10-8-11-15-27)44-40(54)34(25(4)5)46-37(51)30(41)22-28-16-12-9-13-17-28/h8-17,24-26,29-32,34-35,43H,7,18-23,41H2,1-6H3,(H2,42,50)(H,44,54)(H,45,53)(H,46,51)(H,47,52)(H,48,49)/t26-,29-,30-,31-,32-,34-,35-/m0/s1. The quantitative estimate of drug-likeness (QED) is 0.0780. The Morgan fingerprint density at radius 2 is 1.22 bits per heavy atom. The Hall–Kier alpha value is -4.82. The highest BCUT2D eigenvalue weighted by molar-refractivity contribution is 5.93. The van der Waals surface area contributed by atoms with Gasteiger partial charge in [-0.25, -0.2) is 0 Å². The van der Waals surface area contributed by atoms with Crippen molar-refractivity contribution in [3.8, 4) is 0 Å².